The number of primary sulfonamides is 1. The number of likely N-dealkylation sites (tertiary alicyclic amines) is 1. The number of halogens is 3. The van der Waals surface area contributed by atoms with Crippen LogP contribution in [-0.4, -0.2) is 50.2 Å². The first-order valence-corrected chi connectivity index (χ1v) is 9.92. The van der Waals surface area contributed by atoms with Gasteiger partial charge in [0.25, 0.3) is 0 Å². The van der Waals surface area contributed by atoms with E-state index < -0.39 is 33.1 Å². The molecule has 0 aliphatic carbocycles. The van der Waals surface area contributed by atoms with Crippen LogP contribution in [0, 0.1) is 0 Å². The third kappa shape index (κ3) is 3.86. The Morgan fingerprint density at radius 1 is 1.08 bits per heavy atom. The van der Waals surface area contributed by atoms with E-state index in [9.17, 15) is 26.4 Å². The number of sulfonamides is 1. The molecule has 2 atom stereocenters. The Labute approximate surface area is 149 Å². The van der Waals surface area contributed by atoms with Crippen molar-refractivity contribution in [3.05, 3.63) is 29.8 Å². The predicted molar refractivity (Wildman–Crippen MR) is 89.9 cm³/mol. The van der Waals surface area contributed by atoms with Crippen LogP contribution in [-0.2, 0) is 21.0 Å². The highest BCUT2D eigenvalue weighted by Gasteiger charge is 2.40. The lowest BCUT2D eigenvalue weighted by atomic mass is 10.1. The highest BCUT2D eigenvalue weighted by Crippen LogP contribution is 2.32. The predicted octanol–water partition coefficient (Wildman–Crippen LogP) is 1.56. The van der Waals surface area contributed by atoms with Crippen LogP contribution in [0.2, 0.25) is 0 Å². The summed E-state index contributed by atoms with van der Waals surface area (Å²) in [6, 6.07) is 4.00. The number of nitrogens with two attached hydrogens (primary N) is 1. The third-order valence-corrected chi connectivity index (χ3v) is 6.31. The monoisotopic (exact) mass is 391 g/mol. The number of rotatable bonds is 3. The Morgan fingerprint density at radius 2 is 1.73 bits per heavy atom. The van der Waals surface area contributed by atoms with E-state index in [1.165, 1.54) is 17.0 Å². The zero-order chi connectivity index (χ0) is 19.1. The number of carbonyl (C=O) groups is 1. The number of alkyl halides is 3. The number of hydrogen-bond donors (Lipinski definition) is 1. The largest absolute Gasteiger partial charge is 0.416 e. The molecule has 3 rings (SSSR count). The molecule has 2 aliphatic heterocycles. The molecule has 2 N–H and O–H groups in total. The maximum atomic E-state index is 12.7. The summed E-state index contributed by atoms with van der Waals surface area (Å²) >= 11 is 0. The molecule has 0 aromatic heterocycles. The Kier molecular flexibility index (Phi) is 5.02. The highest BCUT2D eigenvalue weighted by atomic mass is 32.2. The second-order valence-corrected chi connectivity index (χ2v) is 8.53. The summed E-state index contributed by atoms with van der Waals surface area (Å²) in [5, 5.41) is 4.54. The molecule has 2 fully saturated rings. The third-order valence-electron chi connectivity index (χ3n) is 5.00. The van der Waals surface area contributed by atoms with Gasteiger partial charge in [0.1, 0.15) is 0 Å². The second kappa shape index (κ2) is 6.82. The van der Waals surface area contributed by atoms with Crippen LogP contribution in [0.5, 0.6) is 0 Å². The van der Waals surface area contributed by atoms with Gasteiger partial charge in [0.05, 0.1) is 16.9 Å². The van der Waals surface area contributed by atoms with Gasteiger partial charge >= 0.3 is 6.18 Å². The van der Waals surface area contributed by atoms with E-state index in [0.717, 1.165) is 12.1 Å². The van der Waals surface area contributed by atoms with Crippen molar-refractivity contribution in [3.63, 3.8) is 0 Å². The normalized spacial score (nSPS) is 25.7. The Bertz CT molecular complexity index is 780. The number of anilines is 1. The number of piperidine rings is 1. The fourth-order valence-electron chi connectivity index (χ4n) is 3.61. The van der Waals surface area contributed by atoms with Crippen molar-refractivity contribution in [1.29, 1.82) is 0 Å². The fraction of sp³-hybridized carbons (Fsp3) is 0.562. The summed E-state index contributed by atoms with van der Waals surface area (Å²) in [5.74, 6) is -0.222. The molecule has 0 bridgehead atoms. The zero-order valence-electron chi connectivity index (χ0n) is 13.9. The summed E-state index contributed by atoms with van der Waals surface area (Å²) in [5.41, 5.74) is -0.359. The van der Waals surface area contributed by atoms with E-state index in [1.807, 2.05) is 4.90 Å². The summed E-state index contributed by atoms with van der Waals surface area (Å²) < 4.78 is 61.2. The van der Waals surface area contributed by atoms with Crippen LogP contribution in [0.4, 0.5) is 18.9 Å². The van der Waals surface area contributed by atoms with Gasteiger partial charge in [-0.2, -0.15) is 13.2 Å². The smallest absolute Gasteiger partial charge is 0.311 e. The Morgan fingerprint density at radius 3 is 2.31 bits per heavy atom. The van der Waals surface area contributed by atoms with Crippen molar-refractivity contribution < 1.29 is 26.4 Å². The van der Waals surface area contributed by atoms with Crippen molar-refractivity contribution >= 4 is 21.6 Å². The summed E-state index contributed by atoms with van der Waals surface area (Å²) in [6.07, 6.45) is -2.83. The second-order valence-electron chi connectivity index (χ2n) is 6.69. The quantitative estimate of drug-likeness (QED) is 0.848. The molecule has 10 heteroatoms. The lowest BCUT2D eigenvalue weighted by molar-refractivity contribution is -0.137. The molecular formula is C16H20F3N3O3S. The first kappa shape index (κ1) is 19.1. The molecular weight excluding hydrogens is 371 g/mol. The number of carbonyl (C=O) groups excluding carboxylic acids is 1. The molecule has 0 spiro atoms. The van der Waals surface area contributed by atoms with Crippen LogP contribution in [0.3, 0.4) is 0 Å². The summed E-state index contributed by atoms with van der Waals surface area (Å²) in [6.45, 7) is 1.19. The number of hydrogen-bond acceptors (Lipinski definition) is 4. The fourth-order valence-corrected chi connectivity index (χ4v) is 4.50. The lowest BCUT2D eigenvalue weighted by Gasteiger charge is -2.34. The first-order chi connectivity index (χ1) is 12.1. The van der Waals surface area contributed by atoms with Gasteiger partial charge < -0.3 is 4.90 Å². The molecule has 26 heavy (non-hydrogen) atoms. The molecule has 0 radical (unpaired) electrons. The number of benzene rings is 1. The minimum absolute atomic E-state index is 0.204. The van der Waals surface area contributed by atoms with Crippen LogP contribution >= 0.6 is 0 Å². The van der Waals surface area contributed by atoms with E-state index in [-0.39, 0.29) is 12.5 Å². The average molecular weight is 391 g/mol. The standard InChI is InChI=1S/C16H20F3N3O3S/c17-16(18,19)11-3-5-12(6-4-11)22-9-7-14(15(22)23)21-8-1-2-13(10-21)26(20,24)25/h3-6,13-14H,1-2,7-10H2,(H2,20,24,25). The molecule has 1 aromatic carbocycles. The van der Waals surface area contributed by atoms with Crippen molar-refractivity contribution in [2.75, 3.05) is 24.5 Å². The topological polar surface area (TPSA) is 83.7 Å². The van der Waals surface area contributed by atoms with Crippen molar-refractivity contribution in [2.24, 2.45) is 5.14 Å². The van der Waals surface area contributed by atoms with Gasteiger partial charge in [-0.3, -0.25) is 9.69 Å². The molecule has 1 aromatic rings. The first-order valence-electron chi connectivity index (χ1n) is 8.31. The van der Waals surface area contributed by atoms with Gasteiger partial charge in [-0.05, 0) is 50.1 Å². The van der Waals surface area contributed by atoms with E-state index in [0.29, 0.717) is 38.0 Å². The van der Waals surface area contributed by atoms with Crippen LogP contribution in [0.15, 0.2) is 24.3 Å². The van der Waals surface area contributed by atoms with E-state index in [1.54, 1.807) is 0 Å². The Balaban J connectivity index is 1.72. The molecule has 144 valence electrons. The van der Waals surface area contributed by atoms with E-state index in [2.05, 4.69) is 0 Å². The highest BCUT2D eigenvalue weighted by molar-refractivity contribution is 7.89. The van der Waals surface area contributed by atoms with Gasteiger partial charge in [0, 0.05) is 18.8 Å². The van der Waals surface area contributed by atoms with Gasteiger partial charge in [0.15, 0.2) is 0 Å². The van der Waals surface area contributed by atoms with Crippen LogP contribution in [0.25, 0.3) is 0 Å². The lowest BCUT2D eigenvalue weighted by Crippen LogP contribution is -2.51. The van der Waals surface area contributed by atoms with Crippen molar-refractivity contribution in [3.8, 4) is 0 Å². The van der Waals surface area contributed by atoms with Crippen molar-refractivity contribution in [2.45, 2.75) is 36.7 Å². The summed E-state index contributed by atoms with van der Waals surface area (Å²) in [7, 11) is -3.66. The number of amides is 1. The van der Waals surface area contributed by atoms with E-state index in [4.69, 9.17) is 5.14 Å². The summed E-state index contributed by atoms with van der Waals surface area (Å²) in [4.78, 5) is 16.0. The van der Waals surface area contributed by atoms with Gasteiger partial charge in [-0.1, -0.05) is 0 Å². The van der Waals surface area contributed by atoms with E-state index >= 15 is 0 Å². The molecule has 2 heterocycles. The maximum Gasteiger partial charge on any atom is 0.416 e. The molecule has 1 amide bonds. The zero-order valence-corrected chi connectivity index (χ0v) is 14.8. The molecule has 6 nitrogen and oxygen atoms in total. The Hall–Kier alpha value is -1.65. The van der Waals surface area contributed by atoms with Gasteiger partial charge in [-0.15, -0.1) is 0 Å². The molecule has 2 unspecified atom stereocenters. The molecule has 0 saturated carbocycles. The van der Waals surface area contributed by atoms with Gasteiger partial charge in [0.2, 0.25) is 15.9 Å². The minimum atomic E-state index is -4.42. The van der Waals surface area contributed by atoms with Crippen molar-refractivity contribution in [1.82, 2.24) is 4.90 Å². The van der Waals surface area contributed by atoms with Crippen LogP contribution < -0.4 is 10.0 Å². The SMILES string of the molecule is NS(=O)(=O)C1CCCN(C2CCN(c3ccc(C(F)(F)F)cc3)C2=O)C1. The maximum absolute atomic E-state index is 12.7. The van der Waals surface area contributed by atoms with Gasteiger partial charge in [-0.25, -0.2) is 13.6 Å². The average Bonchev–Trinajstić information content (AvgIpc) is 2.95. The minimum Gasteiger partial charge on any atom is -0.311 e. The molecule has 2 saturated heterocycles. The molecule has 2 aliphatic rings. The number of nitrogens with zero attached hydrogens (tertiary/aromatic N) is 2. The van der Waals surface area contributed by atoms with Crippen LogP contribution in [0.1, 0.15) is 24.8 Å².